The van der Waals surface area contributed by atoms with Crippen LogP contribution >= 0.6 is 0 Å². The summed E-state index contributed by atoms with van der Waals surface area (Å²) in [5.74, 6) is 0. The Bertz CT molecular complexity index is 103. The predicted octanol–water partition coefficient (Wildman–Crippen LogP) is 2.34. The maximum Gasteiger partial charge on any atom is 0.0166 e. The highest BCUT2D eigenvalue weighted by Crippen LogP contribution is 1.97. The molecule has 10 heavy (non-hydrogen) atoms. The van der Waals surface area contributed by atoms with Crippen LogP contribution < -0.4 is 5.32 Å². The highest BCUT2D eigenvalue weighted by molar-refractivity contribution is 5.01. The van der Waals surface area contributed by atoms with Crippen LogP contribution in [0.3, 0.4) is 0 Å². The molecule has 0 heterocycles. The van der Waals surface area contributed by atoms with Crippen LogP contribution in [-0.2, 0) is 0 Å². The van der Waals surface area contributed by atoms with Gasteiger partial charge in [-0.15, -0.1) is 0 Å². The minimum Gasteiger partial charge on any atom is -0.311 e. The van der Waals surface area contributed by atoms with Gasteiger partial charge in [-0.05, 0) is 13.3 Å². The van der Waals surface area contributed by atoms with E-state index in [9.17, 15) is 0 Å². The van der Waals surface area contributed by atoms with Gasteiger partial charge in [-0.3, -0.25) is 0 Å². The van der Waals surface area contributed by atoms with Gasteiger partial charge in [0.15, 0.2) is 0 Å². The van der Waals surface area contributed by atoms with Gasteiger partial charge in [0.1, 0.15) is 0 Å². The van der Waals surface area contributed by atoms with Crippen molar-refractivity contribution in [2.45, 2.75) is 40.2 Å². The molecule has 60 valence electrons. The molecule has 0 aliphatic carbocycles. The third-order valence-corrected chi connectivity index (χ3v) is 1.60. The molecular formula is C9H19N. The third-order valence-electron chi connectivity index (χ3n) is 1.60. The maximum atomic E-state index is 3.38. The lowest BCUT2D eigenvalue weighted by Crippen LogP contribution is -2.24. The summed E-state index contributed by atoms with van der Waals surface area (Å²) in [5.41, 5.74) is 1.49. The van der Waals surface area contributed by atoms with E-state index in [4.69, 9.17) is 0 Å². The van der Waals surface area contributed by atoms with Gasteiger partial charge < -0.3 is 5.32 Å². The standard InChI is InChI=1S/C9H19N/c1-5-9(6-2)7-10-8(3)4/h5,8,10H,6-7H2,1-4H3. The van der Waals surface area contributed by atoms with Gasteiger partial charge in [-0.1, -0.05) is 32.4 Å². The molecule has 0 fully saturated rings. The summed E-state index contributed by atoms with van der Waals surface area (Å²) >= 11 is 0. The highest BCUT2D eigenvalue weighted by Gasteiger charge is 1.93. The second kappa shape index (κ2) is 5.48. The third kappa shape index (κ3) is 4.57. The number of hydrogen-bond donors (Lipinski definition) is 1. The van der Waals surface area contributed by atoms with E-state index in [-0.39, 0.29) is 0 Å². The van der Waals surface area contributed by atoms with E-state index >= 15 is 0 Å². The first-order valence-electron chi connectivity index (χ1n) is 4.08. The molecule has 0 amide bonds. The van der Waals surface area contributed by atoms with Gasteiger partial charge in [-0.2, -0.15) is 0 Å². The molecular weight excluding hydrogens is 122 g/mol. The summed E-state index contributed by atoms with van der Waals surface area (Å²) in [5, 5.41) is 3.38. The quantitative estimate of drug-likeness (QED) is 0.592. The predicted molar refractivity (Wildman–Crippen MR) is 47.2 cm³/mol. The summed E-state index contributed by atoms with van der Waals surface area (Å²) in [6.45, 7) is 9.68. The molecule has 0 spiro atoms. The summed E-state index contributed by atoms with van der Waals surface area (Å²) in [6.07, 6.45) is 3.35. The van der Waals surface area contributed by atoms with Gasteiger partial charge in [0.2, 0.25) is 0 Å². The second-order valence-electron chi connectivity index (χ2n) is 2.84. The average Bonchev–Trinajstić information content (AvgIpc) is 1.90. The maximum absolute atomic E-state index is 3.38. The van der Waals surface area contributed by atoms with E-state index in [0.29, 0.717) is 6.04 Å². The van der Waals surface area contributed by atoms with Crippen molar-refractivity contribution < 1.29 is 0 Å². The van der Waals surface area contributed by atoms with Crippen LogP contribution in [0.4, 0.5) is 0 Å². The van der Waals surface area contributed by atoms with Crippen molar-refractivity contribution in [3.63, 3.8) is 0 Å². The molecule has 0 saturated heterocycles. The van der Waals surface area contributed by atoms with Crippen molar-refractivity contribution in [2.24, 2.45) is 0 Å². The molecule has 0 rings (SSSR count). The fourth-order valence-electron chi connectivity index (χ4n) is 0.766. The van der Waals surface area contributed by atoms with E-state index in [1.54, 1.807) is 0 Å². The van der Waals surface area contributed by atoms with Crippen molar-refractivity contribution in [1.82, 2.24) is 5.32 Å². The molecule has 0 radical (unpaired) electrons. The van der Waals surface area contributed by atoms with E-state index in [1.165, 1.54) is 5.57 Å². The zero-order chi connectivity index (χ0) is 7.98. The number of nitrogens with one attached hydrogen (secondary N) is 1. The van der Waals surface area contributed by atoms with Crippen LogP contribution in [0.15, 0.2) is 11.6 Å². The topological polar surface area (TPSA) is 12.0 Å². The number of rotatable bonds is 4. The Morgan fingerprint density at radius 1 is 1.50 bits per heavy atom. The summed E-state index contributed by atoms with van der Waals surface area (Å²) < 4.78 is 0. The molecule has 0 aromatic carbocycles. The Hall–Kier alpha value is -0.300. The Morgan fingerprint density at radius 2 is 2.10 bits per heavy atom. The summed E-state index contributed by atoms with van der Waals surface area (Å²) in [4.78, 5) is 0. The van der Waals surface area contributed by atoms with Crippen molar-refractivity contribution in [3.05, 3.63) is 11.6 Å². The SMILES string of the molecule is CC=C(CC)CNC(C)C. The molecule has 0 aliphatic rings. The zero-order valence-electron chi connectivity index (χ0n) is 7.57. The van der Waals surface area contributed by atoms with Crippen molar-refractivity contribution in [3.8, 4) is 0 Å². The van der Waals surface area contributed by atoms with Gasteiger partial charge >= 0.3 is 0 Å². The smallest absolute Gasteiger partial charge is 0.0166 e. The molecule has 0 aromatic heterocycles. The molecule has 1 nitrogen and oxygen atoms in total. The minimum atomic E-state index is 0.599. The first-order chi connectivity index (χ1) is 4.70. The van der Waals surface area contributed by atoms with E-state index in [0.717, 1.165) is 13.0 Å². The second-order valence-corrected chi connectivity index (χ2v) is 2.84. The lowest BCUT2D eigenvalue weighted by Gasteiger charge is -2.08. The Morgan fingerprint density at radius 3 is 2.40 bits per heavy atom. The molecule has 0 aromatic rings. The average molecular weight is 141 g/mol. The van der Waals surface area contributed by atoms with Gasteiger partial charge in [0, 0.05) is 12.6 Å². The fraction of sp³-hybridized carbons (Fsp3) is 0.778. The molecule has 0 atom stereocenters. The lowest BCUT2D eigenvalue weighted by atomic mass is 10.2. The summed E-state index contributed by atoms with van der Waals surface area (Å²) in [7, 11) is 0. The molecule has 1 N–H and O–H groups in total. The van der Waals surface area contributed by atoms with Crippen molar-refractivity contribution >= 4 is 0 Å². The Labute approximate surface area is 64.5 Å². The molecule has 1 heteroatoms. The van der Waals surface area contributed by atoms with E-state index < -0.39 is 0 Å². The van der Waals surface area contributed by atoms with Gasteiger partial charge in [0.25, 0.3) is 0 Å². The normalized spacial score (nSPS) is 12.7. The van der Waals surface area contributed by atoms with Crippen molar-refractivity contribution in [1.29, 1.82) is 0 Å². The molecule has 0 saturated carbocycles. The first kappa shape index (κ1) is 9.70. The monoisotopic (exact) mass is 141 g/mol. The fourth-order valence-corrected chi connectivity index (χ4v) is 0.766. The van der Waals surface area contributed by atoms with Gasteiger partial charge in [-0.25, -0.2) is 0 Å². The van der Waals surface area contributed by atoms with Gasteiger partial charge in [0.05, 0.1) is 0 Å². The molecule has 0 unspecified atom stereocenters. The van der Waals surface area contributed by atoms with E-state index in [1.807, 2.05) is 0 Å². The van der Waals surface area contributed by atoms with Crippen LogP contribution in [-0.4, -0.2) is 12.6 Å². The summed E-state index contributed by atoms with van der Waals surface area (Å²) in [6, 6.07) is 0.599. The number of allylic oxidation sites excluding steroid dienone is 1. The lowest BCUT2D eigenvalue weighted by molar-refractivity contribution is 0.615. The van der Waals surface area contributed by atoms with Crippen LogP contribution in [0.1, 0.15) is 34.1 Å². The van der Waals surface area contributed by atoms with Crippen LogP contribution in [0.2, 0.25) is 0 Å². The van der Waals surface area contributed by atoms with Crippen LogP contribution in [0.25, 0.3) is 0 Å². The highest BCUT2D eigenvalue weighted by atomic mass is 14.9. The largest absolute Gasteiger partial charge is 0.311 e. The molecule has 0 bridgehead atoms. The Balaban J connectivity index is 3.46. The minimum absolute atomic E-state index is 0.599. The first-order valence-corrected chi connectivity index (χ1v) is 4.08. The zero-order valence-corrected chi connectivity index (χ0v) is 7.57. The van der Waals surface area contributed by atoms with Crippen molar-refractivity contribution in [2.75, 3.05) is 6.54 Å². The number of hydrogen-bond acceptors (Lipinski definition) is 1. The van der Waals surface area contributed by atoms with Crippen LogP contribution in [0, 0.1) is 0 Å². The van der Waals surface area contributed by atoms with E-state index in [2.05, 4.69) is 39.1 Å². The molecule has 0 aliphatic heterocycles. The Kier molecular flexibility index (Phi) is 5.32. The van der Waals surface area contributed by atoms with Crippen LogP contribution in [0.5, 0.6) is 0 Å².